The molecule has 1 aromatic carbocycles. The Kier molecular flexibility index (Phi) is 8.13. The van der Waals surface area contributed by atoms with Gasteiger partial charge in [0.25, 0.3) is 5.91 Å². The van der Waals surface area contributed by atoms with Crippen molar-refractivity contribution in [2.45, 2.75) is 19.4 Å². The van der Waals surface area contributed by atoms with Gasteiger partial charge in [0.2, 0.25) is 5.91 Å². The number of nitrogens with one attached hydrogen (secondary N) is 4. The van der Waals surface area contributed by atoms with Crippen molar-refractivity contribution >= 4 is 29.4 Å². The van der Waals surface area contributed by atoms with Crippen LogP contribution in [0.1, 0.15) is 35.3 Å². The molecule has 0 saturated carbocycles. The molecule has 0 spiro atoms. The Balaban J connectivity index is 1.56. The number of guanidine groups is 1. The quantitative estimate of drug-likeness (QED) is 0.429. The molecular weight excluding hydrogens is 412 g/mol. The Morgan fingerprint density at radius 3 is 2.81 bits per heavy atom. The third kappa shape index (κ3) is 6.79. The zero-order valence-electron chi connectivity index (χ0n) is 17.8. The number of esters is 1. The molecule has 1 atom stereocenters. The van der Waals surface area contributed by atoms with E-state index in [1.54, 1.807) is 49.6 Å². The van der Waals surface area contributed by atoms with Gasteiger partial charge in [-0.2, -0.15) is 0 Å². The van der Waals surface area contributed by atoms with Crippen molar-refractivity contribution in [2.75, 3.05) is 31.6 Å². The number of carbonyl (C=O) groups excluding carboxylic acids is 3. The van der Waals surface area contributed by atoms with Crippen molar-refractivity contribution in [3.63, 3.8) is 0 Å². The normalized spacial score (nSPS) is 13.3. The number of ether oxygens (including phenoxy) is 1. The van der Waals surface area contributed by atoms with E-state index in [0.717, 1.165) is 6.54 Å². The van der Waals surface area contributed by atoms with Gasteiger partial charge in [0.05, 0.1) is 32.2 Å². The van der Waals surface area contributed by atoms with Gasteiger partial charge in [-0.1, -0.05) is 12.1 Å². The van der Waals surface area contributed by atoms with Crippen LogP contribution in [0.4, 0.5) is 5.69 Å². The number of carbonyl (C=O) groups is 3. The van der Waals surface area contributed by atoms with E-state index in [0.29, 0.717) is 29.3 Å². The fourth-order valence-electron chi connectivity index (χ4n) is 3.09. The predicted octanol–water partition coefficient (Wildman–Crippen LogP) is 0.993. The molecule has 0 bridgehead atoms. The zero-order chi connectivity index (χ0) is 22.8. The lowest BCUT2D eigenvalue weighted by atomic mass is 10.1. The molecule has 32 heavy (non-hydrogen) atoms. The van der Waals surface area contributed by atoms with Crippen LogP contribution < -0.4 is 21.3 Å². The highest BCUT2D eigenvalue weighted by molar-refractivity contribution is 5.99. The third-order valence-electron chi connectivity index (χ3n) is 4.57. The molecule has 168 valence electrons. The van der Waals surface area contributed by atoms with Gasteiger partial charge in [-0.3, -0.25) is 24.4 Å². The van der Waals surface area contributed by atoms with E-state index in [9.17, 15) is 14.4 Å². The number of aliphatic imine (C=N–C) groups is 1. The number of benzene rings is 1. The van der Waals surface area contributed by atoms with Gasteiger partial charge < -0.3 is 26.0 Å². The first-order chi connectivity index (χ1) is 15.5. The molecule has 1 aromatic heterocycles. The van der Waals surface area contributed by atoms with Gasteiger partial charge in [0.15, 0.2) is 5.96 Å². The number of pyridine rings is 1. The number of nitrogens with zero attached hydrogens (tertiary/aromatic N) is 2. The maximum absolute atomic E-state index is 12.5. The van der Waals surface area contributed by atoms with Crippen LogP contribution in [0.2, 0.25) is 0 Å². The van der Waals surface area contributed by atoms with Crippen LogP contribution in [0, 0.1) is 0 Å². The largest absolute Gasteiger partial charge is 0.466 e. The SMILES string of the molecule is CCOC(=O)CC(NC(=O)CNC(=O)c1cccc(NC2=NCCN2)c1)c1cccnc1. The average molecular weight is 438 g/mol. The number of amides is 2. The number of rotatable bonds is 9. The smallest absolute Gasteiger partial charge is 0.308 e. The van der Waals surface area contributed by atoms with Gasteiger partial charge in [-0.25, -0.2) is 0 Å². The number of anilines is 1. The third-order valence-corrected chi connectivity index (χ3v) is 4.57. The number of hydrogen-bond donors (Lipinski definition) is 4. The van der Waals surface area contributed by atoms with Crippen LogP contribution in [0.15, 0.2) is 53.8 Å². The fraction of sp³-hybridized carbons (Fsp3) is 0.318. The van der Waals surface area contributed by atoms with Gasteiger partial charge in [-0.15, -0.1) is 0 Å². The second-order valence-electron chi connectivity index (χ2n) is 6.96. The van der Waals surface area contributed by atoms with Gasteiger partial charge in [0, 0.05) is 30.2 Å². The monoisotopic (exact) mass is 438 g/mol. The molecule has 0 radical (unpaired) electrons. The average Bonchev–Trinajstić information content (AvgIpc) is 3.31. The second-order valence-corrected chi connectivity index (χ2v) is 6.96. The zero-order valence-corrected chi connectivity index (χ0v) is 17.8. The van der Waals surface area contributed by atoms with Gasteiger partial charge >= 0.3 is 5.97 Å². The summed E-state index contributed by atoms with van der Waals surface area (Å²) in [5, 5.41) is 11.6. The maximum Gasteiger partial charge on any atom is 0.308 e. The first kappa shape index (κ1) is 22.7. The van der Waals surface area contributed by atoms with Crippen LogP contribution in [0.5, 0.6) is 0 Å². The van der Waals surface area contributed by atoms with Crippen LogP contribution >= 0.6 is 0 Å². The highest BCUT2D eigenvalue weighted by Gasteiger charge is 2.20. The van der Waals surface area contributed by atoms with Crippen molar-refractivity contribution in [3.05, 3.63) is 59.9 Å². The van der Waals surface area contributed by atoms with E-state index >= 15 is 0 Å². The highest BCUT2D eigenvalue weighted by Crippen LogP contribution is 2.16. The number of hydrogen-bond acceptors (Lipinski definition) is 8. The lowest BCUT2D eigenvalue weighted by molar-refractivity contribution is -0.143. The lowest BCUT2D eigenvalue weighted by Gasteiger charge is -2.18. The van der Waals surface area contributed by atoms with Crippen LogP contribution in [0.25, 0.3) is 0 Å². The first-order valence-electron chi connectivity index (χ1n) is 10.3. The van der Waals surface area contributed by atoms with E-state index in [4.69, 9.17) is 4.74 Å². The molecule has 1 aliphatic heterocycles. The van der Waals surface area contributed by atoms with Crippen LogP contribution in [-0.4, -0.2) is 55.0 Å². The predicted molar refractivity (Wildman–Crippen MR) is 119 cm³/mol. The van der Waals surface area contributed by atoms with E-state index in [1.807, 2.05) is 6.07 Å². The minimum atomic E-state index is -0.612. The summed E-state index contributed by atoms with van der Waals surface area (Å²) < 4.78 is 4.99. The summed E-state index contributed by atoms with van der Waals surface area (Å²) in [5.41, 5.74) is 1.78. The molecule has 2 amide bonds. The maximum atomic E-state index is 12.5. The van der Waals surface area contributed by atoms with Crippen LogP contribution in [-0.2, 0) is 14.3 Å². The fourth-order valence-corrected chi connectivity index (χ4v) is 3.09. The molecule has 0 fully saturated rings. The summed E-state index contributed by atoms with van der Waals surface area (Å²) in [6, 6.07) is 9.76. The minimum Gasteiger partial charge on any atom is -0.466 e. The van der Waals surface area contributed by atoms with Crippen molar-refractivity contribution < 1.29 is 19.1 Å². The van der Waals surface area contributed by atoms with Gasteiger partial charge in [-0.05, 0) is 36.8 Å². The molecule has 3 rings (SSSR count). The van der Waals surface area contributed by atoms with Gasteiger partial charge in [0.1, 0.15) is 0 Å². The van der Waals surface area contributed by atoms with E-state index in [2.05, 4.69) is 31.2 Å². The number of aromatic nitrogens is 1. The Morgan fingerprint density at radius 1 is 1.22 bits per heavy atom. The molecule has 2 heterocycles. The standard InChI is InChI=1S/C22H26N6O4/c1-2-32-20(30)12-18(16-6-4-8-23-13-16)28-19(29)14-26-21(31)15-5-3-7-17(11-15)27-22-24-9-10-25-22/h3-8,11,13,18H,2,9-10,12,14H2,1H3,(H,26,31)(H,28,29)(H2,24,25,27). The summed E-state index contributed by atoms with van der Waals surface area (Å²) in [6.45, 7) is 3.19. The van der Waals surface area contributed by atoms with E-state index in [-0.39, 0.29) is 19.6 Å². The van der Waals surface area contributed by atoms with Crippen LogP contribution in [0.3, 0.4) is 0 Å². The summed E-state index contributed by atoms with van der Waals surface area (Å²) >= 11 is 0. The molecular formula is C22H26N6O4. The lowest BCUT2D eigenvalue weighted by Crippen LogP contribution is -2.39. The first-order valence-corrected chi connectivity index (χ1v) is 10.3. The van der Waals surface area contributed by atoms with Crippen molar-refractivity contribution in [1.82, 2.24) is 20.9 Å². The second kappa shape index (κ2) is 11.4. The Hall–Kier alpha value is -3.95. The summed E-state index contributed by atoms with van der Waals surface area (Å²) in [5.74, 6) is -0.606. The Morgan fingerprint density at radius 2 is 2.09 bits per heavy atom. The molecule has 1 aliphatic rings. The molecule has 0 aliphatic carbocycles. The van der Waals surface area contributed by atoms with Crippen molar-refractivity contribution in [2.24, 2.45) is 4.99 Å². The summed E-state index contributed by atoms with van der Waals surface area (Å²) in [6.07, 6.45) is 3.14. The van der Waals surface area contributed by atoms with E-state index in [1.165, 1.54) is 0 Å². The van der Waals surface area contributed by atoms with E-state index < -0.39 is 23.8 Å². The summed E-state index contributed by atoms with van der Waals surface area (Å²) in [7, 11) is 0. The minimum absolute atomic E-state index is 0.0368. The Bertz CT molecular complexity index is 979. The molecule has 4 N–H and O–H groups in total. The molecule has 10 nitrogen and oxygen atoms in total. The topological polar surface area (TPSA) is 134 Å². The highest BCUT2D eigenvalue weighted by atomic mass is 16.5. The van der Waals surface area contributed by atoms with Crippen molar-refractivity contribution in [1.29, 1.82) is 0 Å². The van der Waals surface area contributed by atoms with Crippen molar-refractivity contribution in [3.8, 4) is 0 Å². The Labute approximate surface area is 185 Å². The molecule has 2 aromatic rings. The molecule has 0 saturated heterocycles. The molecule has 10 heteroatoms. The molecule has 1 unspecified atom stereocenters. The summed E-state index contributed by atoms with van der Waals surface area (Å²) in [4.78, 5) is 45.2.